The van der Waals surface area contributed by atoms with Gasteiger partial charge in [0, 0.05) is 0 Å². The third kappa shape index (κ3) is 3.23. The van der Waals surface area contributed by atoms with E-state index in [9.17, 15) is 0 Å². The number of hydrogen-bond donors (Lipinski definition) is 0. The van der Waals surface area contributed by atoms with Gasteiger partial charge in [0.1, 0.15) is 24.6 Å². The molecule has 0 amide bonds. The maximum atomic E-state index is 5.70. The van der Waals surface area contributed by atoms with E-state index < -0.39 is 0 Å². The summed E-state index contributed by atoms with van der Waals surface area (Å²) in [6, 6.07) is 6.20. The fourth-order valence-electron chi connectivity index (χ4n) is 2.51. The zero-order chi connectivity index (χ0) is 14.8. The van der Waals surface area contributed by atoms with Gasteiger partial charge in [-0.05, 0) is 31.4 Å². The summed E-state index contributed by atoms with van der Waals surface area (Å²) in [5.41, 5.74) is 1.50. The Bertz CT molecular complexity index is 581. The van der Waals surface area contributed by atoms with Crippen molar-refractivity contribution in [1.82, 2.24) is 4.98 Å². The lowest BCUT2D eigenvalue weighted by Crippen LogP contribution is -2.10. The maximum Gasteiger partial charge on any atom is 0.235 e. The van der Waals surface area contributed by atoms with Gasteiger partial charge in [-0.1, -0.05) is 19.9 Å². The monoisotopic (exact) mass is 287 g/mol. The standard InChI is InChI=1S/C16H21N3O2/c1-10(2)7-12-9-21-16(18-12)14-6-4-5-13(19-14)15-17-11(3)8-20-15/h4-6,10-12H,7-9H2,1-3H3. The molecule has 3 rings (SSSR count). The number of aliphatic imine (C=N–C) groups is 2. The average molecular weight is 287 g/mol. The molecule has 112 valence electrons. The van der Waals surface area contributed by atoms with Gasteiger partial charge in [-0.15, -0.1) is 0 Å². The summed E-state index contributed by atoms with van der Waals surface area (Å²) >= 11 is 0. The Labute approximate surface area is 125 Å². The molecule has 3 heterocycles. The second kappa shape index (κ2) is 5.84. The topological polar surface area (TPSA) is 56.1 Å². The van der Waals surface area contributed by atoms with Crippen molar-refractivity contribution in [2.24, 2.45) is 15.9 Å². The van der Waals surface area contributed by atoms with Crippen molar-refractivity contribution in [2.45, 2.75) is 39.3 Å². The molecule has 0 saturated carbocycles. The molecular weight excluding hydrogens is 266 g/mol. The summed E-state index contributed by atoms with van der Waals surface area (Å²) in [6.45, 7) is 7.69. The molecule has 21 heavy (non-hydrogen) atoms. The van der Waals surface area contributed by atoms with Crippen molar-refractivity contribution >= 4 is 11.8 Å². The molecule has 0 aliphatic carbocycles. The van der Waals surface area contributed by atoms with Gasteiger partial charge in [0.25, 0.3) is 0 Å². The van der Waals surface area contributed by atoms with Crippen molar-refractivity contribution in [1.29, 1.82) is 0 Å². The van der Waals surface area contributed by atoms with Gasteiger partial charge < -0.3 is 9.47 Å². The number of ether oxygens (including phenoxy) is 2. The fraction of sp³-hybridized carbons (Fsp3) is 0.562. The van der Waals surface area contributed by atoms with Crippen molar-refractivity contribution < 1.29 is 9.47 Å². The van der Waals surface area contributed by atoms with Crippen LogP contribution >= 0.6 is 0 Å². The minimum Gasteiger partial charge on any atom is -0.474 e. The van der Waals surface area contributed by atoms with Crippen molar-refractivity contribution in [3.05, 3.63) is 29.6 Å². The molecule has 0 N–H and O–H groups in total. The van der Waals surface area contributed by atoms with Gasteiger partial charge in [0.05, 0.1) is 12.1 Å². The van der Waals surface area contributed by atoms with Crippen LogP contribution in [0.3, 0.4) is 0 Å². The van der Waals surface area contributed by atoms with Crippen LogP contribution in [0, 0.1) is 5.92 Å². The highest BCUT2D eigenvalue weighted by molar-refractivity contribution is 5.97. The Morgan fingerprint density at radius 3 is 2.38 bits per heavy atom. The summed E-state index contributed by atoms with van der Waals surface area (Å²) in [6.07, 6.45) is 1.04. The van der Waals surface area contributed by atoms with Gasteiger partial charge in [0.2, 0.25) is 11.8 Å². The van der Waals surface area contributed by atoms with Crippen LogP contribution in [0.25, 0.3) is 0 Å². The van der Waals surface area contributed by atoms with Crippen LogP contribution < -0.4 is 0 Å². The second-order valence-electron chi connectivity index (χ2n) is 6.03. The first-order valence-corrected chi connectivity index (χ1v) is 7.51. The van der Waals surface area contributed by atoms with Crippen LogP contribution in [0.4, 0.5) is 0 Å². The molecule has 2 unspecified atom stereocenters. The van der Waals surface area contributed by atoms with E-state index in [1.54, 1.807) is 0 Å². The van der Waals surface area contributed by atoms with E-state index in [0.717, 1.165) is 17.8 Å². The lowest BCUT2D eigenvalue weighted by atomic mass is 10.1. The third-order valence-electron chi connectivity index (χ3n) is 3.44. The van der Waals surface area contributed by atoms with E-state index >= 15 is 0 Å². The Morgan fingerprint density at radius 2 is 1.76 bits per heavy atom. The maximum absolute atomic E-state index is 5.70. The number of hydrogen-bond acceptors (Lipinski definition) is 5. The lowest BCUT2D eigenvalue weighted by Gasteiger charge is -2.06. The van der Waals surface area contributed by atoms with Crippen molar-refractivity contribution in [2.75, 3.05) is 13.2 Å². The number of pyridine rings is 1. The van der Waals surface area contributed by atoms with E-state index in [0.29, 0.717) is 30.9 Å². The van der Waals surface area contributed by atoms with Crippen LogP contribution in [-0.2, 0) is 9.47 Å². The molecule has 0 spiro atoms. The number of aromatic nitrogens is 1. The Balaban J connectivity index is 1.79. The van der Waals surface area contributed by atoms with E-state index in [-0.39, 0.29) is 12.1 Å². The Hall–Kier alpha value is -1.91. The summed E-state index contributed by atoms with van der Waals surface area (Å²) in [5.74, 6) is 1.86. The highest BCUT2D eigenvalue weighted by atomic mass is 16.5. The number of rotatable bonds is 4. The SMILES string of the molecule is CC(C)CC1COC(c2cccc(C3=NC(C)CO3)n2)=N1. The molecular formula is C16H21N3O2. The first-order valence-electron chi connectivity index (χ1n) is 7.51. The molecule has 0 fully saturated rings. The fourth-order valence-corrected chi connectivity index (χ4v) is 2.51. The summed E-state index contributed by atoms with van der Waals surface area (Å²) in [5, 5.41) is 0. The second-order valence-corrected chi connectivity index (χ2v) is 6.03. The molecule has 0 radical (unpaired) electrons. The smallest absolute Gasteiger partial charge is 0.235 e. The van der Waals surface area contributed by atoms with Crippen LogP contribution in [0.15, 0.2) is 28.2 Å². The van der Waals surface area contributed by atoms with E-state index in [4.69, 9.17) is 9.47 Å². The molecule has 0 aromatic carbocycles. The lowest BCUT2D eigenvalue weighted by molar-refractivity contribution is 0.301. The van der Waals surface area contributed by atoms with Gasteiger partial charge >= 0.3 is 0 Å². The quantitative estimate of drug-likeness (QED) is 0.854. The summed E-state index contributed by atoms with van der Waals surface area (Å²) in [7, 11) is 0. The zero-order valence-corrected chi connectivity index (χ0v) is 12.7. The van der Waals surface area contributed by atoms with Gasteiger partial charge in [-0.2, -0.15) is 0 Å². The minimum atomic E-state index is 0.195. The predicted molar refractivity (Wildman–Crippen MR) is 81.9 cm³/mol. The average Bonchev–Trinajstić information content (AvgIpc) is 3.07. The molecule has 2 aliphatic rings. The molecule has 5 nitrogen and oxygen atoms in total. The molecule has 0 saturated heterocycles. The van der Waals surface area contributed by atoms with Crippen LogP contribution in [0.1, 0.15) is 38.6 Å². The van der Waals surface area contributed by atoms with Crippen molar-refractivity contribution in [3.63, 3.8) is 0 Å². The molecule has 1 aromatic rings. The molecule has 0 bridgehead atoms. The van der Waals surface area contributed by atoms with Crippen molar-refractivity contribution in [3.8, 4) is 0 Å². The minimum absolute atomic E-state index is 0.195. The van der Waals surface area contributed by atoms with E-state index in [1.807, 2.05) is 25.1 Å². The molecule has 1 aromatic heterocycles. The van der Waals surface area contributed by atoms with E-state index in [2.05, 4.69) is 28.8 Å². The zero-order valence-electron chi connectivity index (χ0n) is 12.7. The summed E-state index contributed by atoms with van der Waals surface area (Å²) < 4.78 is 11.2. The number of nitrogens with zero attached hydrogens (tertiary/aromatic N) is 3. The third-order valence-corrected chi connectivity index (χ3v) is 3.44. The predicted octanol–water partition coefficient (Wildman–Crippen LogP) is 2.44. The van der Waals surface area contributed by atoms with Gasteiger partial charge in [-0.25, -0.2) is 15.0 Å². The largest absolute Gasteiger partial charge is 0.474 e. The van der Waals surface area contributed by atoms with Crippen LogP contribution in [0.2, 0.25) is 0 Å². The van der Waals surface area contributed by atoms with Gasteiger partial charge in [-0.3, -0.25) is 0 Å². The molecule has 2 atom stereocenters. The summed E-state index contributed by atoms with van der Waals surface area (Å²) in [4.78, 5) is 13.6. The molecule has 2 aliphatic heterocycles. The van der Waals surface area contributed by atoms with Gasteiger partial charge in [0.15, 0.2) is 0 Å². The highest BCUT2D eigenvalue weighted by Gasteiger charge is 2.23. The molecule has 5 heteroatoms. The van der Waals surface area contributed by atoms with E-state index in [1.165, 1.54) is 0 Å². The first-order chi connectivity index (χ1) is 10.1. The van der Waals surface area contributed by atoms with Crippen LogP contribution in [-0.4, -0.2) is 42.1 Å². The van der Waals surface area contributed by atoms with Crippen LogP contribution in [0.5, 0.6) is 0 Å². The Kier molecular flexibility index (Phi) is 3.90. The normalized spacial score (nSPS) is 24.6. The highest BCUT2D eigenvalue weighted by Crippen LogP contribution is 2.18. The first kappa shape index (κ1) is 14.0. The Morgan fingerprint density at radius 1 is 1.10 bits per heavy atom.